The molecule has 7 heteroatoms. The van der Waals surface area contributed by atoms with E-state index in [1.807, 2.05) is 6.92 Å². The molecule has 2 amide bonds. The van der Waals surface area contributed by atoms with E-state index < -0.39 is 29.2 Å². The minimum atomic E-state index is -1.63. The number of benzene rings is 1. The van der Waals surface area contributed by atoms with Crippen molar-refractivity contribution >= 4 is 11.7 Å². The van der Waals surface area contributed by atoms with Crippen LogP contribution in [0.3, 0.4) is 0 Å². The highest BCUT2D eigenvalue weighted by atomic mass is 19.2. The van der Waals surface area contributed by atoms with Crippen molar-refractivity contribution in [1.29, 1.82) is 0 Å². The van der Waals surface area contributed by atoms with Crippen LogP contribution in [0.5, 0.6) is 0 Å². The van der Waals surface area contributed by atoms with Crippen molar-refractivity contribution in [3.05, 3.63) is 29.6 Å². The Balaban J connectivity index is 2.56. The largest absolute Gasteiger partial charge is 0.396 e. The lowest BCUT2D eigenvalue weighted by molar-refractivity contribution is 0.236. The van der Waals surface area contributed by atoms with Crippen LogP contribution in [0, 0.1) is 23.4 Å². The topological polar surface area (TPSA) is 61.4 Å². The molecule has 21 heavy (non-hydrogen) atoms. The summed E-state index contributed by atoms with van der Waals surface area (Å²) in [5.74, 6) is -4.27. The molecule has 1 aromatic carbocycles. The number of carbonyl (C=O) groups is 1. The summed E-state index contributed by atoms with van der Waals surface area (Å²) in [5, 5.41) is 13.5. The van der Waals surface area contributed by atoms with Crippen LogP contribution in [0.25, 0.3) is 0 Å². The zero-order valence-corrected chi connectivity index (χ0v) is 11.8. The van der Waals surface area contributed by atoms with Crippen LogP contribution in [0.4, 0.5) is 23.7 Å². The number of hydrogen-bond acceptors (Lipinski definition) is 2. The average molecular weight is 304 g/mol. The van der Waals surface area contributed by atoms with Gasteiger partial charge in [-0.05, 0) is 30.9 Å². The van der Waals surface area contributed by atoms with E-state index in [0.29, 0.717) is 13.0 Å². The number of hydrogen-bond donors (Lipinski definition) is 3. The standard InChI is InChI=1S/C14H19F3N2O2/c1-2-3-9(6-7-20)8-18-14(21)19-11-5-4-10(15)12(16)13(11)17/h4-5,9,20H,2-3,6-8H2,1H3,(H2,18,19,21). The normalized spacial score (nSPS) is 12.0. The van der Waals surface area contributed by atoms with E-state index in [2.05, 4.69) is 10.6 Å². The molecule has 1 atom stereocenters. The van der Waals surface area contributed by atoms with Gasteiger partial charge in [-0.3, -0.25) is 0 Å². The van der Waals surface area contributed by atoms with E-state index in [0.717, 1.165) is 25.0 Å². The molecule has 0 bridgehead atoms. The first-order chi connectivity index (χ1) is 9.99. The third kappa shape index (κ3) is 5.26. The Morgan fingerprint density at radius 1 is 1.24 bits per heavy atom. The molecule has 0 aliphatic carbocycles. The highest BCUT2D eigenvalue weighted by Crippen LogP contribution is 2.19. The molecule has 0 saturated carbocycles. The monoisotopic (exact) mass is 304 g/mol. The van der Waals surface area contributed by atoms with Crippen molar-refractivity contribution in [1.82, 2.24) is 5.32 Å². The van der Waals surface area contributed by atoms with Gasteiger partial charge in [0.05, 0.1) is 5.69 Å². The van der Waals surface area contributed by atoms with Gasteiger partial charge in [-0.2, -0.15) is 0 Å². The molecule has 3 N–H and O–H groups in total. The first-order valence-corrected chi connectivity index (χ1v) is 6.78. The molecule has 1 aromatic rings. The third-order valence-corrected chi connectivity index (χ3v) is 3.07. The van der Waals surface area contributed by atoms with E-state index in [1.54, 1.807) is 0 Å². The minimum Gasteiger partial charge on any atom is -0.396 e. The Hall–Kier alpha value is -1.76. The summed E-state index contributed by atoms with van der Waals surface area (Å²) in [4.78, 5) is 11.6. The van der Waals surface area contributed by atoms with Crippen molar-refractivity contribution < 1.29 is 23.1 Å². The van der Waals surface area contributed by atoms with Gasteiger partial charge in [0.2, 0.25) is 0 Å². The summed E-state index contributed by atoms with van der Waals surface area (Å²) < 4.78 is 39.1. The predicted molar refractivity (Wildman–Crippen MR) is 73.4 cm³/mol. The Morgan fingerprint density at radius 3 is 2.57 bits per heavy atom. The molecule has 4 nitrogen and oxygen atoms in total. The Morgan fingerprint density at radius 2 is 1.95 bits per heavy atom. The summed E-state index contributed by atoms with van der Waals surface area (Å²) in [7, 11) is 0. The summed E-state index contributed by atoms with van der Waals surface area (Å²) in [6, 6.07) is 0.975. The second-order valence-electron chi connectivity index (χ2n) is 4.72. The molecule has 0 saturated heterocycles. The number of rotatable bonds is 7. The maximum atomic E-state index is 13.4. The smallest absolute Gasteiger partial charge is 0.319 e. The number of urea groups is 1. The number of anilines is 1. The van der Waals surface area contributed by atoms with E-state index in [4.69, 9.17) is 5.11 Å². The Kier molecular flexibility index (Phi) is 7.01. The molecule has 1 rings (SSSR count). The van der Waals surface area contributed by atoms with Crippen LogP contribution >= 0.6 is 0 Å². The molecule has 0 aromatic heterocycles. The number of halogens is 3. The molecule has 0 spiro atoms. The van der Waals surface area contributed by atoms with Crippen molar-refractivity contribution in [2.24, 2.45) is 5.92 Å². The van der Waals surface area contributed by atoms with Gasteiger partial charge in [0.1, 0.15) is 0 Å². The molecule has 0 radical (unpaired) electrons. The van der Waals surface area contributed by atoms with E-state index >= 15 is 0 Å². The average Bonchev–Trinajstić information content (AvgIpc) is 2.46. The van der Waals surface area contributed by atoms with Gasteiger partial charge in [-0.15, -0.1) is 0 Å². The number of aliphatic hydroxyl groups excluding tert-OH is 1. The molecule has 0 aliphatic heterocycles. The van der Waals surface area contributed by atoms with Gasteiger partial charge in [-0.1, -0.05) is 13.3 Å². The van der Waals surface area contributed by atoms with Crippen LogP contribution in [0.15, 0.2) is 12.1 Å². The Bertz CT molecular complexity index is 478. The molecule has 0 heterocycles. The molecule has 0 aliphatic rings. The number of aliphatic hydroxyl groups is 1. The van der Waals surface area contributed by atoms with Crippen molar-refractivity contribution in [2.45, 2.75) is 26.2 Å². The van der Waals surface area contributed by atoms with E-state index in [-0.39, 0.29) is 12.5 Å². The van der Waals surface area contributed by atoms with Crippen molar-refractivity contribution in [2.75, 3.05) is 18.5 Å². The lowest BCUT2D eigenvalue weighted by Gasteiger charge is -2.16. The summed E-state index contributed by atoms with van der Waals surface area (Å²) in [6.07, 6.45) is 2.29. The molecular formula is C14H19F3N2O2. The van der Waals surface area contributed by atoms with Crippen molar-refractivity contribution in [3.8, 4) is 0 Å². The van der Waals surface area contributed by atoms with Gasteiger partial charge >= 0.3 is 6.03 Å². The third-order valence-electron chi connectivity index (χ3n) is 3.07. The van der Waals surface area contributed by atoms with E-state index in [1.165, 1.54) is 0 Å². The van der Waals surface area contributed by atoms with Crippen LogP contribution in [0.2, 0.25) is 0 Å². The Labute approximate surface area is 121 Å². The first kappa shape index (κ1) is 17.3. The first-order valence-electron chi connectivity index (χ1n) is 6.78. The van der Waals surface area contributed by atoms with Crippen LogP contribution in [-0.4, -0.2) is 24.3 Å². The SMILES string of the molecule is CCCC(CCO)CNC(=O)Nc1ccc(F)c(F)c1F. The van der Waals surface area contributed by atoms with Crippen LogP contribution in [-0.2, 0) is 0 Å². The predicted octanol–water partition coefficient (Wildman–Crippen LogP) is 3.02. The van der Waals surface area contributed by atoms with E-state index in [9.17, 15) is 18.0 Å². The summed E-state index contributed by atoms with van der Waals surface area (Å²) in [5.41, 5.74) is -0.430. The second kappa shape index (κ2) is 8.51. The fourth-order valence-corrected chi connectivity index (χ4v) is 1.97. The van der Waals surface area contributed by atoms with Crippen LogP contribution < -0.4 is 10.6 Å². The minimum absolute atomic E-state index is 0.0196. The van der Waals surface area contributed by atoms with Gasteiger partial charge in [0, 0.05) is 13.2 Å². The zero-order chi connectivity index (χ0) is 15.8. The maximum Gasteiger partial charge on any atom is 0.319 e. The maximum absolute atomic E-state index is 13.4. The lowest BCUT2D eigenvalue weighted by atomic mass is 10.0. The quantitative estimate of drug-likeness (QED) is 0.678. The number of carbonyl (C=O) groups excluding carboxylic acids is 1. The van der Waals surface area contributed by atoms with Gasteiger partial charge in [-0.25, -0.2) is 18.0 Å². The molecule has 0 fully saturated rings. The highest BCUT2D eigenvalue weighted by molar-refractivity contribution is 5.89. The molecule has 1 unspecified atom stereocenters. The fraction of sp³-hybridized carbons (Fsp3) is 0.500. The molecule has 118 valence electrons. The number of nitrogens with one attached hydrogen (secondary N) is 2. The highest BCUT2D eigenvalue weighted by Gasteiger charge is 2.15. The zero-order valence-electron chi connectivity index (χ0n) is 11.8. The van der Waals surface area contributed by atoms with Gasteiger partial charge in [0.15, 0.2) is 17.5 Å². The summed E-state index contributed by atoms with van der Waals surface area (Å²) in [6.45, 7) is 2.32. The number of amides is 2. The van der Waals surface area contributed by atoms with Crippen molar-refractivity contribution in [3.63, 3.8) is 0 Å². The second-order valence-corrected chi connectivity index (χ2v) is 4.72. The van der Waals surface area contributed by atoms with Crippen LogP contribution in [0.1, 0.15) is 26.2 Å². The van der Waals surface area contributed by atoms with Gasteiger partial charge < -0.3 is 15.7 Å². The summed E-state index contributed by atoms with van der Waals surface area (Å²) >= 11 is 0. The molecular weight excluding hydrogens is 285 g/mol. The van der Waals surface area contributed by atoms with Gasteiger partial charge in [0.25, 0.3) is 0 Å². The fourth-order valence-electron chi connectivity index (χ4n) is 1.97. The lowest BCUT2D eigenvalue weighted by Crippen LogP contribution is -2.33.